The standard InChI is InChI=1S/C24H24N4O4/c1-32-13-12-27-11-9-16-17(4-2-5-20(16)27)22(29)25-15-7-8-19-18(14-15)24(31)28-10-3-6-21(28)23(30)26-19/h2,4-5,7-9,11,14,21H,3,6,10,12-13H2,1H3,(H,25,29)(H,26,30)/t21-/m0/s1. The number of anilines is 2. The molecule has 5 rings (SSSR count). The van der Waals surface area contributed by atoms with E-state index in [-0.39, 0.29) is 17.7 Å². The lowest BCUT2D eigenvalue weighted by Gasteiger charge is -2.20. The minimum Gasteiger partial charge on any atom is -0.383 e. The third-order valence-electron chi connectivity index (χ3n) is 6.18. The molecule has 0 radical (unpaired) electrons. The van der Waals surface area contributed by atoms with E-state index in [1.54, 1.807) is 36.3 Å². The van der Waals surface area contributed by atoms with Crippen LogP contribution >= 0.6 is 0 Å². The van der Waals surface area contributed by atoms with Crippen LogP contribution in [0.1, 0.15) is 33.6 Å². The first-order valence-electron chi connectivity index (χ1n) is 10.7. The van der Waals surface area contributed by atoms with E-state index >= 15 is 0 Å². The van der Waals surface area contributed by atoms with Crippen LogP contribution in [0.3, 0.4) is 0 Å². The number of aromatic nitrogens is 1. The quantitative estimate of drug-likeness (QED) is 0.648. The SMILES string of the molecule is COCCn1ccc2c(C(=O)Nc3ccc4c(c3)C(=O)N3CCC[C@H]3C(=O)N4)cccc21. The summed E-state index contributed by atoms with van der Waals surface area (Å²) in [5, 5.41) is 6.61. The van der Waals surface area contributed by atoms with Gasteiger partial charge >= 0.3 is 0 Å². The molecule has 1 aromatic heterocycles. The van der Waals surface area contributed by atoms with Gasteiger partial charge in [-0.3, -0.25) is 14.4 Å². The number of carbonyl (C=O) groups is 3. The zero-order chi connectivity index (χ0) is 22.2. The molecule has 1 saturated heterocycles. The molecule has 2 aliphatic rings. The van der Waals surface area contributed by atoms with Crippen LogP contribution < -0.4 is 10.6 Å². The molecule has 1 atom stereocenters. The van der Waals surface area contributed by atoms with Gasteiger partial charge in [-0.25, -0.2) is 0 Å². The Bertz CT molecular complexity index is 1230. The summed E-state index contributed by atoms with van der Waals surface area (Å²) < 4.78 is 7.21. The number of rotatable bonds is 5. The van der Waals surface area contributed by atoms with Gasteiger partial charge in [0.05, 0.1) is 17.9 Å². The monoisotopic (exact) mass is 432 g/mol. The first kappa shape index (κ1) is 20.3. The summed E-state index contributed by atoms with van der Waals surface area (Å²) >= 11 is 0. The normalized spacial score (nSPS) is 17.7. The average molecular weight is 432 g/mol. The van der Waals surface area contributed by atoms with Gasteiger partial charge in [0.2, 0.25) is 5.91 Å². The minimum atomic E-state index is -0.423. The highest BCUT2D eigenvalue weighted by Crippen LogP contribution is 2.31. The molecule has 3 amide bonds. The zero-order valence-corrected chi connectivity index (χ0v) is 17.8. The van der Waals surface area contributed by atoms with Gasteiger partial charge in [0.1, 0.15) is 6.04 Å². The molecule has 3 aromatic rings. The lowest BCUT2D eigenvalue weighted by Crippen LogP contribution is -2.40. The van der Waals surface area contributed by atoms with Crippen LogP contribution in [0.25, 0.3) is 10.9 Å². The van der Waals surface area contributed by atoms with Crippen molar-refractivity contribution in [1.82, 2.24) is 9.47 Å². The van der Waals surface area contributed by atoms with Crippen LogP contribution in [0, 0.1) is 0 Å². The van der Waals surface area contributed by atoms with Gasteiger partial charge in [-0.1, -0.05) is 6.07 Å². The van der Waals surface area contributed by atoms with Crippen molar-refractivity contribution in [2.24, 2.45) is 0 Å². The fraction of sp³-hybridized carbons (Fsp3) is 0.292. The van der Waals surface area contributed by atoms with Crippen molar-refractivity contribution in [1.29, 1.82) is 0 Å². The minimum absolute atomic E-state index is 0.156. The number of nitrogens with zero attached hydrogens (tertiary/aromatic N) is 2. The molecule has 0 unspecified atom stereocenters. The van der Waals surface area contributed by atoms with Crippen molar-refractivity contribution in [2.45, 2.75) is 25.4 Å². The van der Waals surface area contributed by atoms with Gasteiger partial charge in [-0.15, -0.1) is 0 Å². The van der Waals surface area contributed by atoms with E-state index in [4.69, 9.17) is 4.74 Å². The van der Waals surface area contributed by atoms with Crippen LogP contribution in [0.2, 0.25) is 0 Å². The van der Waals surface area contributed by atoms with Crippen molar-refractivity contribution in [3.8, 4) is 0 Å². The molecule has 8 heteroatoms. The van der Waals surface area contributed by atoms with E-state index in [1.165, 1.54) is 0 Å². The number of nitrogens with one attached hydrogen (secondary N) is 2. The second-order valence-electron chi connectivity index (χ2n) is 8.10. The van der Waals surface area contributed by atoms with E-state index in [9.17, 15) is 14.4 Å². The number of carbonyl (C=O) groups excluding carboxylic acids is 3. The van der Waals surface area contributed by atoms with Crippen molar-refractivity contribution < 1.29 is 19.1 Å². The zero-order valence-electron chi connectivity index (χ0n) is 17.8. The van der Waals surface area contributed by atoms with E-state index in [2.05, 4.69) is 10.6 Å². The molecule has 1 fully saturated rings. The fourth-order valence-electron chi connectivity index (χ4n) is 4.57. The Labute approximate surface area is 185 Å². The maximum atomic E-state index is 13.1. The highest BCUT2D eigenvalue weighted by Gasteiger charge is 2.38. The lowest BCUT2D eigenvalue weighted by molar-refractivity contribution is -0.119. The Morgan fingerprint density at radius 3 is 2.94 bits per heavy atom. The Balaban J connectivity index is 1.43. The van der Waals surface area contributed by atoms with Crippen molar-refractivity contribution in [2.75, 3.05) is 30.9 Å². The molecular weight excluding hydrogens is 408 g/mol. The molecule has 0 spiro atoms. The molecule has 3 heterocycles. The maximum absolute atomic E-state index is 13.1. The highest BCUT2D eigenvalue weighted by atomic mass is 16.5. The number of fused-ring (bicyclic) bond motifs is 3. The molecule has 0 saturated carbocycles. The number of hydrogen-bond acceptors (Lipinski definition) is 4. The van der Waals surface area contributed by atoms with Crippen LogP contribution in [0.4, 0.5) is 11.4 Å². The summed E-state index contributed by atoms with van der Waals surface area (Å²) in [6.45, 7) is 1.84. The second-order valence-corrected chi connectivity index (χ2v) is 8.10. The molecule has 2 aliphatic heterocycles. The predicted molar refractivity (Wildman–Crippen MR) is 121 cm³/mol. The van der Waals surface area contributed by atoms with E-state index in [0.29, 0.717) is 48.6 Å². The van der Waals surface area contributed by atoms with Gasteiger partial charge in [0.25, 0.3) is 11.8 Å². The van der Waals surface area contributed by atoms with E-state index in [1.807, 2.05) is 29.0 Å². The van der Waals surface area contributed by atoms with E-state index < -0.39 is 6.04 Å². The number of ether oxygens (including phenoxy) is 1. The van der Waals surface area contributed by atoms with Crippen LogP contribution in [0.5, 0.6) is 0 Å². The Hall–Kier alpha value is -3.65. The summed E-state index contributed by atoms with van der Waals surface area (Å²) in [5.74, 6) is -0.602. The number of benzene rings is 2. The van der Waals surface area contributed by atoms with Crippen LogP contribution in [-0.2, 0) is 16.1 Å². The summed E-state index contributed by atoms with van der Waals surface area (Å²) in [4.78, 5) is 40.2. The maximum Gasteiger partial charge on any atom is 0.256 e. The van der Waals surface area contributed by atoms with Gasteiger partial charge in [-0.2, -0.15) is 0 Å². The largest absolute Gasteiger partial charge is 0.383 e. The Morgan fingerprint density at radius 2 is 2.09 bits per heavy atom. The van der Waals surface area contributed by atoms with Crippen molar-refractivity contribution >= 4 is 40.0 Å². The second kappa shape index (κ2) is 8.12. The number of hydrogen-bond donors (Lipinski definition) is 2. The van der Waals surface area contributed by atoms with E-state index in [0.717, 1.165) is 17.3 Å². The van der Waals surface area contributed by atoms with Gasteiger partial charge in [0.15, 0.2) is 0 Å². The molecular formula is C24H24N4O4. The molecule has 0 bridgehead atoms. The first-order valence-corrected chi connectivity index (χ1v) is 10.7. The topological polar surface area (TPSA) is 92.7 Å². The number of methoxy groups -OCH3 is 1. The average Bonchev–Trinajstić information content (AvgIpc) is 3.43. The lowest BCUT2D eigenvalue weighted by atomic mass is 10.1. The summed E-state index contributed by atoms with van der Waals surface area (Å²) in [6, 6.07) is 12.1. The molecule has 8 nitrogen and oxygen atoms in total. The number of amides is 3. The van der Waals surface area contributed by atoms with Crippen LogP contribution in [0.15, 0.2) is 48.7 Å². The molecule has 164 valence electrons. The van der Waals surface area contributed by atoms with Gasteiger partial charge in [0, 0.05) is 48.5 Å². The van der Waals surface area contributed by atoms with Gasteiger partial charge < -0.3 is 24.8 Å². The summed E-state index contributed by atoms with van der Waals surface area (Å²) in [5.41, 5.74) is 2.88. The van der Waals surface area contributed by atoms with Crippen molar-refractivity contribution in [3.63, 3.8) is 0 Å². The van der Waals surface area contributed by atoms with Crippen LogP contribution in [-0.4, -0.2) is 53.5 Å². The predicted octanol–water partition coefficient (Wildman–Crippen LogP) is 3.10. The third kappa shape index (κ3) is 3.42. The Morgan fingerprint density at radius 1 is 1.22 bits per heavy atom. The fourth-order valence-corrected chi connectivity index (χ4v) is 4.57. The molecule has 32 heavy (non-hydrogen) atoms. The molecule has 2 aromatic carbocycles. The third-order valence-corrected chi connectivity index (χ3v) is 6.18. The molecule has 2 N–H and O–H groups in total. The summed E-state index contributed by atoms with van der Waals surface area (Å²) in [7, 11) is 1.66. The Kier molecular flexibility index (Phi) is 5.14. The molecule has 0 aliphatic carbocycles. The van der Waals surface area contributed by atoms with Crippen molar-refractivity contribution in [3.05, 3.63) is 59.8 Å². The summed E-state index contributed by atoms with van der Waals surface area (Å²) in [6.07, 6.45) is 3.42. The van der Waals surface area contributed by atoms with Gasteiger partial charge in [-0.05, 0) is 49.2 Å². The first-order chi connectivity index (χ1) is 15.6. The highest BCUT2D eigenvalue weighted by molar-refractivity contribution is 6.14. The smallest absolute Gasteiger partial charge is 0.256 e.